The third kappa shape index (κ3) is 2.88. The van der Waals surface area contributed by atoms with Crippen LogP contribution in [0, 0.1) is 5.92 Å². The topological polar surface area (TPSA) is 29.1 Å². The highest BCUT2D eigenvalue weighted by Crippen LogP contribution is 2.22. The Hall–Kier alpha value is -0.860. The molecule has 17 heavy (non-hydrogen) atoms. The molecule has 0 aromatic heterocycles. The lowest BCUT2D eigenvalue weighted by Crippen LogP contribution is -2.34. The van der Waals surface area contributed by atoms with E-state index in [1.54, 1.807) is 0 Å². The van der Waals surface area contributed by atoms with Gasteiger partial charge >= 0.3 is 0 Å². The van der Waals surface area contributed by atoms with Crippen LogP contribution >= 0.6 is 11.6 Å². The summed E-state index contributed by atoms with van der Waals surface area (Å²) in [5.74, 6) is 0.342. The molecular formula is C14H18ClNO. The lowest BCUT2D eigenvalue weighted by atomic mass is 9.90. The minimum atomic E-state index is 0.118. The summed E-state index contributed by atoms with van der Waals surface area (Å²) in [5.41, 5.74) is 1.85. The molecule has 2 nitrogen and oxygen atoms in total. The Morgan fingerprint density at radius 1 is 1.53 bits per heavy atom. The van der Waals surface area contributed by atoms with E-state index >= 15 is 0 Å². The van der Waals surface area contributed by atoms with Crippen molar-refractivity contribution in [2.24, 2.45) is 5.92 Å². The minimum absolute atomic E-state index is 0.118. The van der Waals surface area contributed by atoms with Gasteiger partial charge in [0.2, 0.25) is 0 Å². The minimum Gasteiger partial charge on any atom is -0.316 e. The van der Waals surface area contributed by atoms with Crippen molar-refractivity contribution in [3.8, 4) is 0 Å². The quantitative estimate of drug-likeness (QED) is 0.837. The number of aryl methyl sites for hydroxylation is 1. The van der Waals surface area contributed by atoms with E-state index in [9.17, 15) is 4.79 Å². The standard InChI is InChI=1S/C14H18ClNO/c1-2-10-5-6-11(8-13(10)15)14(17)12-4-3-7-16-9-12/h5-6,8,12,16H,2-4,7,9H2,1H3. The molecule has 0 amide bonds. The van der Waals surface area contributed by atoms with Gasteiger partial charge in [-0.1, -0.05) is 30.7 Å². The van der Waals surface area contributed by atoms with Gasteiger partial charge < -0.3 is 5.32 Å². The van der Waals surface area contributed by atoms with Crippen LogP contribution in [-0.2, 0) is 6.42 Å². The Morgan fingerprint density at radius 3 is 2.94 bits per heavy atom. The van der Waals surface area contributed by atoms with Gasteiger partial charge in [0, 0.05) is 23.0 Å². The maximum Gasteiger partial charge on any atom is 0.167 e. The molecule has 1 unspecified atom stereocenters. The molecular weight excluding hydrogens is 234 g/mol. The molecule has 92 valence electrons. The number of piperidine rings is 1. The van der Waals surface area contributed by atoms with Crippen LogP contribution in [0.4, 0.5) is 0 Å². The third-order valence-corrected chi connectivity index (χ3v) is 3.74. The van der Waals surface area contributed by atoms with Crippen molar-refractivity contribution in [2.75, 3.05) is 13.1 Å². The number of hydrogen-bond donors (Lipinski definition) is 1. The average Bonchev–Trinajstić information content (AvgIpc) is 2.39. The Kier molecular flexibility index (Phi) is 4.19. The summed E-state index contributed by atoms with van der Waals surface area (Å²) in [4.78, 5) is 12.3. The van der Waals surface area contributed by atoms with E-state index in [1.807, 2.05) is 18.2 Å². The van der Waals surface area contributed by atoms with Crippen molar-refractivity contribution in [1.29, 1.82) is 0 Å². The molecule has 2 rings (SSSR count). The van der Waals surface area contributed by atoms with E-state index in [-0.39, 0.29) is 11.7 Å². The van der Waals surface area contributed by atoms with E-state index in [1.165, 1.54) is 0 Å². The fourth-order valence-electron chi connectivity index (χ4n) is 2.30. The second kappa shape index (κ2) is 5.65. The molecule has 1 aromatic rings. The first kappa shape index (κ1) is 12.6. The maximum atomic E-state index is 12.3. The molecule has 0 spiro atoms. The highest BCUT2D eigenvalue weighted by molar-refractivity contribution is 6.31. The first-order valence-corrected chi connectivity index (χ1v) is 6.63. The number of benzene rings is 1. The molecule has 1 atom stereocenters. The molecule has 1 heterocycles. The fourth-order valence-corrected chi connectivity index (χ4v) is 2.61. The molecule has 0 bridgehead atoms. The van der Waals surface area contributed by atoms with Gasteiger partial charge in [-0.3, -0.25) is 4.79 Å². The van der Waals surface area contributed by atoms with Gasteiger partial charge in [0.15, 0.2) is 5.78 Å². The molecule has 1 aliphatic rings. The number of carbonyl (C=O) groups is 1. The summed E-state index contributed by atoms with van der Waals surface area (Å²) >= 11 is 6.14. The first-order chi connectivity index (χ1) is 8.22. The van der Waals surface area contributed by atoms with Crippen molar-refractivity contribution >= 4 is 17.4 Å². The van der Waals surface area contributed by atoms with Crippen LogP contribution in [0.1, 0.15) is 35.7 Å². The molecule has 1 aliphatic heterocycles. The number of halogens is 1. The highest BCUT2D eigenvalue weighted by Gasteiger charge is 2.22. The van der Waals surface area contributed by atoms with Gasteiger partial charge in [-0.15, -0.1) is 0 Å². The van der Waals surface area contributed by atoms with E-state index in [4.69, 9.17) is 11.6 Å². The van der Waals surface area contributed by atoms with Crippen molar-refractivity contribution in [3.05, 3.63) is 34.3 Å². The highest BCUT2D eigenvalue weighted by atomic mass is 35.5. The van der Waals surface area contributed by atoms with Crippen LogP contribution < -0.4 is 5.32 Å². The zero-order valence-electron chi connectivity index (χ0n) is 10.1. The Balaban J connectivity index is 2.16. The molecule has 1 aromatic carbocycles. The zero-order valence-corrected chi connectivity index (χ0v) is 10.9. The summed E-state index contributed by atoms with van der Waals surface area (Å²) in [7, 11) is 0. The average molecular weight is 252 g/mol. The number of Topliss-reactive ketones (excluding diaryl/α,β-unsaturated/α-hetero) is 1. The molecule has 1 fully saturated rings. The number of nitrogens with one attached hydrogen (secondary N) is 1. The number of rotatable bonds is 3. The lowest BCUT2D eigenvalue weighted by Gasteiger charge is -2.21. The van der Waals surface area contributed by atoms with Crippen LogP contribution in [0.15, 0.2) is 18.2 Å². The lowest BCUT2D eigenvalue weighted by molar-refractivity contribution is 0.0899. The molecule has 1 N–H and O–H groups in total. The SMILES string of the molecule is CCc1ccc(C(=O)C2CCCNC2)cc1Cl. The Morgan fingerprint density at radius 2 is 2.35 bits per heavy atom. The maximum absolute atomic E-state index is 12.3. The van der Waals surface area contributed by atoms with Gasteiger partial charge in [0.1, 0.15) is 0 Å². The van der Waals surface area contributed by atoms with Crippen molar-refractivity contribution in [1.82, 2.24) is 5.32 Å². The predicted molar refractivity (Wildman–Crippen MR) is 70.8 cm³/mol. The van der Waals surface area contributed by atoms with Crippen molar-refractivity contribution in [3.63, 3.8) is 0 Å². The molecule has 3 heteroatoms. The van der Waals surface area contributed by atoms with Gasteiger partial charge in [-0.2, -0.15) is 0 Å². The Bertz CT molecular complexity index is 411. The van der Waals surface area contributed by atoms with Crippen LogP contribution in [0.5, 0.6) is 0 Å². The van der Waals surface area contributed by atoms with Crippen LogP contribution in [-0.4, -0.2) is 18.9 Å². The predicted octanol–water partition coefficient (Wildman–Crippen LogP) is 3.08. The molecule has 1 saturated heterocycles. The van der Waals surface area contributed by atoms with Crippen LogP contribution in [0.2, 0.25) is 5.02 Å². The van der Waals surface area contributed by atoms with Gasteiger partial charge in [0.05, 0.1) is 0 Å². The number of carbonyl (C=O) groups excluding carboxylic acids is 1. The van der Waals surface area contributed by atoms with Gasteiger partial charge in [-0.05, 0) is 37.4 Å². The summed E-state index contributed by atoms with van der Waals surface area (Å²) < 4.78 is 0. The second-order valence-electron chi connectivity index (χ2n) is 4.57. The van der Waals surface area contributed by atoms with E-state index in [0.717, 1.165) is 43.5 Å². The van der Waals surface area contributed by atoms with E-state index < -0.39 is 0 Å². The van der Waals surface area contributed by atoms with Crippen LogP contribution in [0.3, 0.4) is 0 Å². The summed E-state index contributed by atoms with van der Waals surface area (Å²) in [5, 5.41) is 3.98. The zero-order chi connectivity index (χ0) is 12.3. The van der Waals surface area contributed by atoms with Crippen molar-refractivity contribution in [2.45, 2.75) is 26.2 Å². The normalized spacial score (nSPS) is 20.2. The smallest absolute Gasteiger partial charge is 0.167 e. The fraction of sp³-hybridized carbons (Fsp3) is 0.500. The summed E-state index contributed by atoms with van der Waals surface area (Å²) in [6, 6.07) is 5.69. The molecule has 0 aliphatic carbocycles. The summed E-state index contributed by atoms with van der Waals surface area (Å²) in [6.07, 6.45) is 2.97. The first-order valence-electron chi connectivity index (χ1n) is 6.25. The monoisotopic (exact) mass is 251 g/mol. The van der Waals surface area contributed by atoms with E-state index in [0.29, 0.717) is 5.02 Å². The third-order valence-electron chi connectivity index (χ3n) is 3.39. The largest absolute Gasteiger partial charge is 0.316 e. The van der Waals surface area contributed by atoms with Gasteiger partial charge in [-0.25, -0.2) is 0 Å². The Labute approximate surface area is 107 Å². The number of hydrogen-bond acceptors (Lipinski definition) is 2. The molecule has 0 saturated carbocycles. The van der Waals surface area contributed by atoms with E-state index in [2.05, 4.69) is 12.2 Å². The van der Waals surface area contributed by atoms with Crippen LogP contribution in [0.25, 0.3) is 0 Å². The summed E-state index contributed by atoms with van der Waals surface area (Å²) in [6.45, 7) is 3.89. The molecule has 0 radical (unpaired) electrons. The van der Waals surface area contributed by atoms with Gasteiger partial charge in [0.25, 0.3) is 0 Å². The second-order valence-corrected chi connectivity index (χ2v) is 4.97. The van der Waals surface area contributed by atoms with Crippen molar-refractivity contribution < 1.29 is 4.79 Å². The number of ketones is 1.